The first-order chi connectivity index (χ1) is 10.2. The maximum Gasteiger partial charge on any atom is 0.225 e. The van der Waals surface area contributed by atoms with E-state index in [0.717, 1.165) is 42.8 Å². The molecule has 1 amide bonds. The number of rotatable bonds is 5. The van der Waals surface area contributed by atoms with E-state index < -0.39 is 0 Å². The molecule has 0 saturated carbocycles. The third-order valence-electron chi connectivity index (χ3n) is 4.00. The molecular weight excluding hydrogens is 268 g/mol. The average molecular weight is 290 g/mol. The second-order valence-electron chi connectivity index (χ2n) is 5.55. The molecule has 0 unspecified atom stereocenters. The van der Waals surface area contributed by atoms with Crippen molar-refractivity contribution in [1.29, 1.82) is 0 Å². The predicted octanol–water partition coefficient (Wildman–Crippen LogP) is 1.83. The Kier molecular flexibility index (Phi) is 3.96. The Labute approximate surface area is 124 Å². The molecule has 0 fully saturated rings. The summed E-state index contributed by atoms with van der Waals surface area (Å²) < 4.78 is 7.60. The molecule has 2 aromatic heterocycles. The number of nitrogens with zero attached hydrogens (tertiary/aromatic N) is 3. The van der Waals surface area contributed by atoms with E-state index in [-0.39, 0.29) is 5.91 Å². The molecule has 3 rings (SSSR count). The number of amides is 1. The summed E-state index contributed by atoms with van der Waals surface area (Å²) in [6.07, 6.45) is 1.46. The highest BCUT2D eigenvalue weighted by Gasteiger charge is 2.23. The van der Waals surface area contributed by atoms with Crippen LogP contribution in [0.5, 0.6) is 0 Å². The highest BCUT2D eigenvalue weighted by Crippen LogP contribution is 2.24. The molecule has 0 aliphatic carbocycles. The van der Waals surface area contributed by atoms with Gasteiger partial charge in [0.15, 0.2) is 5.65 Å². The van der Waals surface area contributed by atoms with E-state index in [9.17, 15) is 4.79 Å². The Balaban J connectivity index is 1.65. The van der Waals surface area contributed by atoms with E-state index in [1.165, 1.54) is 5.69 Å². The summed E-state index contributed by atoms with van der Waals surface area (Å²) >= 11 is 0. The normalized spacial score (nSPS) is 14.7. The van der Waals surface area contributed by atoms with Gasteiger partial charge in [0.25, 0.3) is 0 Å². The number of nitrogens with one attached hydrogen (secondary N) is 1. The number of hydrogen-bond acceptors (Lipinski definition) is 3. The molecule has 6 heteroatoms. The van der Waals surface area contributed by atoms with Crippen LogP contribution >= 0.6 is 0 Å². The summed E-state index contributed by atoms with van der Waals surface area (Å²) in [6, 6.07) is 2.14. The second-order valence-corrected chi connectivity index (χ2v) is 5.55. The number of carbonyl (C=O) groups is 1. The molecule has 114 valence electrons. The van der Waals surface area contributed by atoms with Gasteiger partial charge in [0.2, 0.25) is 5.91 Å². The highest BCUT2D eigenvalue weighted by atomic mass is 16.5. The summed E-state index contributed by atoms with van der Waals surface area (Å²) in [5.74, 6) is 0.175. The Morgan fingerprint density at radius 3 is 3.10 bits per heavy atom. The Hall–Kier alpha value is -1.82. The largest absolute Gasteiger partial charge is 0.381 e. The molecule has 1 N–H and O–H groups in total. The van der Waals surface area contributed by atoms with Crippen LogP contribution in [-0.2, 0) is 22.6 Å². The topological polar surface area (TPSA) is 63.1 Å². The lowest BCUT2D eigenvalue weighted by molar-refractivity contribution is -0.133. The van der Waals surface area contributed by atoms with Crippen LogP contribution in [0.15, 0.2) is 6.07 Å². The fraction of sp³-hybridized carbons (Fsp3) is 0.600. The zero-order valence-electron chi connectivity index (χ0n) is 12.7. The van der Waals surface area contributed by atoms with Gasteiger partial charge >= 0.3 is 0 Å². The van der Waals surface area contributed by atoms with Crippen LogP contribution in [0.4, 0.5) is 0 Å². The van der Waals surface area contributed by atoms with Crippen molar-refractivity contribution in [3.05, 3.63) is 17.5 Å². The number of aryl methyl sites for hydroxylation is 1. The number of H-pyrrole nitrogens is 1. The summed E-state index contributed by atoms with van der Waals surface area (Å²) in [5, 5.41) is 8.52. The van der Waals surface area contributed by atoms with Gasteiger partial charge in [-0.2, -0.15) is 5.10 Å². The molecule has 2 aromatic rings. The quantitative estimate of drug-likeness (QED) is 0.855. The summed E-state index contributed by atoms with van der Waals surface area (Å²) in [7, 11) is 0. The van der Waals surface area contributed by atoms with Crippen molar-refractivity contribution in [3.63, 3.8) is 0 Å². The first kappa shape index (κ1) is 14.1. The van der Waals surface area contributed by atoms with E-state index in [1.54, 1.807) is 0 Å². The molecule has 0 atom stereocenters. The lowest BCUT2D eigenvalue weighted by atomic mass is 10.2. The van der Waals surface area contributed by atoms with Crippen LogP contribution in [0, 0.1) is 6.92 Å². The van der Waals surface area contributed by atoms with E-state index >= 15 is 0 Å². The minimum atomic E-state index is 0.175. The van der Waals surface area contributed by atoms with Crippen LogP contribution in [0.3, 0.4) is 0 Å². The van der Waals surface area contributed by atoms with E-state index in [4.69, 9.17) is 4.74 Å². The SMILES string of the molecule is CCCOCCC(=O)N1CCn2c(cc3c(C)[nH]nc32)C1. The third-order valence-corrected chi connectivity index (χ3v) is 4.00. The first-order valence-electron chi connectivity index (χ1n) is 7.59. The summed E-state index contributed by atoms with van der Waals surface area (Å²) in [4.78, 5) is 14.1. The van der Waals surface area contributed by atoms with Crippen molar-refractivity contribution in [2.24, 2.45) is 0 Å². The third kappa shape index (κ3) is 2.68. The van der Waals surface area contributed by atoms with Crippen molar-refractivity contribution < 1.29 is 9.53 Å². The van der Waals surface area contributed by atoms with Gasteiger partial charge in [-0.1, -0.05) is 6.92 Å². The lowest BCUT2D eigenvalue weighted by Crippen LogP contribution is -2.38. The predicted molar refractivity (Wildman–Crippen MR) is 80.0 cm³/mol. The summed E-state index contributed by atoms with van der Waals surface area (Å²) in [5.41, 5.74) is 3.25. The fourth-order valence-electron chi connectivity index (χ4n) is 2.84. The minimum Gasteiger partial charge on any atom is -0.381 e. The van der Waals surface area contributed by atoms with Crippen molar-refractivity contribution in [3.8, 4) is 0 Å². The molecule has 6 nitrogen and oxygen atoms in total. The van der Waals surface area contributed by atoms with E-state index in [0.29, 0.717) is 19.6 Å². The number of carbonyl (C=O) groups excluding carboxylic acids is 1. The molecule has 0 radical (unpaired) electrons. The Morgan fingerprint density at radius 2 is 2.29 bits per heavy atom. The number of fused-ring (bicyclic) bond motifs is 3. The Bertz CT molecular complexity index is 643. The van der Waals surface area contributed by atoms with Crippen molar-refractivity contribution in [1.82, 2.24) is 19.7 Å². The van der Waals surface area contributed by atoms with E-state index in [1.807, 2.05) is 11.8 Å². The molecule has 0 spiro atoms. The molecule has 3 heterocycles. The van der Waals surface area contributed by atoms with Gasteiger partial charge in [-0.15, -0.1) is 0 Å². The number of ether oxygens (including phenoxy) is 1. The summed E-state index contributed by atoms with van der Waals surface area (Å²) in [6.45, 7) is 7.57. The highest BCUT2D eigenvalue weighted by molar-refractivity contribution is 5.81. The smallest absolute Gasteiger partial charge is 0.225 e. The van der Waals surface area contributed by atoms with Crippen LogP contribution in [0.2, 0.25) is 0 Å². The molecule has 1 aliphatic heterocycles. The first-order valence-corrected chi connectivity index (χ1v) is 7.59. The maximum atomic E-state index is 12.2. The molecule has 21 heavy (non-hydrogen) atoms. The zero-order valence-corrected chi connectivity index (χ0v) is 12.7. The van der Waals surface area contributed by atoms with Gasteiger partial charge in [-0.05, 0) is 19.4 Å². The molecule has 1 aliphatic rings. The van der Waals surface area contributed by atoms with Gasteiger partial charge in [0.1, 0.15) is 0 Å². The van der Waals surface area contributed by atoms with Gasteiger partial charge in [0, 0.05) is 36.5 Å². The van der Waals surface area contributed by atoms with Crippen LogP contribution in [-0.4, -0.2) is 45.3 Å². The zero-order chi connectivity index (χ0) is 14.8. The van der Waals surface area contributed by atoms with Crippen molar-refractivity contribution >= 4 is 16.9 Å². The molecule has 0 bridgehead atoms. The number of aromatic nitrogens is 3. The van der Waals surface area contributed by atoms with Crippen molar-refractivity contribution in [2.75, 3.05) is 19.8 Å². The van der Waals surface area contributed by atoms with Gasteiger partial charge in [-0.3, -0.25) is 9.89 Å². The van der Waals surface area contributed by atoms with E-state index in [2.05, 4.69) is 27.8 Å². The lowest BCUT2D eigenvalue weighted by Gasteiger charge is -2.28. The second kappa shape index (κ2) is 5.89. The fourth-order valence-corrected chi connectivity index (χ4v) is 2.84. The average Bonchev–Trinajstić information content (AvgIpc) is 3.03. The van der Waals surface area contributed by atoms with Crippen molar-refractivity contribution in [2.45, 2.75) is 39.8 Å². The Morgan fingerprint density at radius 1 is 1.43 bits per heavy atom. The van der Waals surface area contributed by atoms with Gasteiger partial charge in [-0.25, -0.2) is 0 Å². The maximum absolute atomic E-state index is 12.2. The minimum absolute atomic E-state index is 0.175. The van der Waals surface area contributed by atoms with Crippen LogP contribution in [0.25, 0.3) is 11.0 Å². The number of aromatic amines is 1. The number of hydrogen-bond donors (Lipinski definition) is 1. The monoisotopic (exact) mass is 290 g/mol. The van der Waals surface area contributed by atoms with Crippen LogP contribution < -0.4 is 0 Å². The van der Waals surface area contributed by atoms with Gasteiger partial charge < -0.3 is 14.2 Å². The van der Waals surface area contributed by atoms with Crippen LogP contribution in [0.1, 0.15) is 31.2 Å². The van der Waals surface area contributed by atoms with Gasteiger partial charge in [0.05, 0.1) is 19.6 Å². The standard InChI is InChI=1S/C15H22N4O2/c1-3-7-21-8-4-14(20)18-5-6-19-12(10-18)9-13-11(2)16-17-15(13)19/h9H,3-8,10H2,1-2H3,(H,16,17). The molecule has 0 saturated heterocycles. The molecular formula is C15H22N4O2. The molecule has 0 aromatic carbocycles.